The molecule has 2 aromatic carbocycles. The van der Waals surface area contributed by atoms with Crippen LogP contribution in [0.25, 0.3) is 22.2 Å². The third kappa shape index (κ3) is 6.10. The van der Waals surface area contributed by atoms with Gasteiger partial charge in [0.15, 0.2) is 11.5 Å². The van der Waals surface area contributed by atoms with E-state index >= 15 is 0 Å². The molecule has 10 heteroatoms. The summed E-state index contributed by atoms with van der Waals surface area (Å²) < 4.78 is 27.6. The molecule has 0 fully saturated rings. The van der Waals surface area contributed by atoms with Gasteiger partial charge in [0.2, 0.25) is 11.8 Å². The number of H-pyrrole nitrogens is 1. The Balaban J connectivity index is 0.00000306. The van der Waals surface area contributed by atoms with Crippen LogP contribution in [0.2, 0.25) is 0 Å². The molecule has 0 bridgehead atoms. The number of halogens is 1. The molecule has 0 spiro atoms. The maximum absolute atomic E-state index is 5.95. The summed E-state index contributed by atoms with van der Waals surface area (Å²) in [6, 6.07) is 15.3. The highest BCUT2D eigenvalue weighted by atomic mass is 35.5. The number of hydrogen-bond donors (Lipinski definition) is 1. The van der Waals surface area contributed by atoms with Crippen molar-refractivity contribution >= 4 is 23.3 Å². The normalized spacial score (nSPS) is 10.6. The van der Waals surface area contributed by atoms with Crippen LogP contribution in [-0.2, 0) is 9.47 Å². The zero-order valence-corrected chi connectivity index (χ0v) is 19.1. The van der Waals surface area contributed by atoms with Crippen LogP contribution in [0.3, 0.4) is 0 Å². The summed E-state index contributed by atoms with van der Waals surface area (Å²) in [6.07, 6.45) is 1.44. The molecule has 0 unspecified atom stereocenters. The molecule has 33 heavy (non-hydrogen) atoms. The largest absolute Gasteiger partial charge is 0.493 e. The summed E-state index contributed by atoms with van der Waals surface area (Å²) in [6.45, 7) is 1.87. The molecule has 4 aromatic rings. The molecule has 1 N–H and O–H groups in total. The van der Waals surface area contributed by atoms with Gasteiger partial charge >= 0.3 is 0 Å². The number of ether oxygens (including phenoxy) is 5. The van der Waals surface area contributed by atoms with Crippen LogP contribution in [0.1, 0.15) is 0 Å². The van der Waals surface area contributed by atoms with E-state index in [4.69, 9.17) is 23.7 Å². The number of fused-ring (bicyclic) bond motifs is 1. The van der Waals surface area contributed by atoms with Gasteiger partial charge in [0.25, 0.3) is 0 Å². The van der Waals surface area contributed by atoms with Gasteiger partial charge in [0.05, 0.1) is 43.5 Å². The van der Waals surface area contributed by atoms with Crippen LogP contribution in [0.4, 0.5) is 0 Å². The summed E-state index contributed by atoms with van der Waals surface area (Å²) in [5.74, 6) is 1.87. The molecule has 0 aliphatic heterocycles. The van der Waals surface area contributed by atoms with Crippen molar-refractivity contribution in [1.82, 2.24) is 20.2 Å². The molecule has 0 aliphatic rings. The number of benzene rings is 2. The molecule has 0 radical (unpaired) electrons. The summed E-state index contributed by atoms with van der Waals surface area (Å²) in [4.78, 5) is 8.62. The molecular formula is C23H25ClN4O5. The number of methoxy groups -OCH3 is 2. The van der Waals surface area contributed by atoms with Crippen LogP contribution >= 0.6 is 12.4 Å². The molecule has 0 atom stereocenters. The minimum Gasteiger partial charge on any atom is -0.493 e. The highest BCUT2D eigenvalue weighted by Gasteiger charge is 2.14. The second-order valence-corrected chi connectivity index (χ2v) is 6.74. The SMILES string of the molecule is COCCOCCOc1cc2ncnc(Oc3cc(-c4ccccc4)[nH]n3)c2cc1OC.Cl. The van der Waals surface area contributed by atoms with Crippen LogP contribution in [0.15, 0.2) is 54.9 Å². The van der Waals surface area contributed by atoms with Crippen molar-refractivity contribution in [2.24, 2.45) is 0 Å². The molecule has 174 valence electrons. The van der Waals surface area contributed by atoms with Crippen molar-refractivity contribution in [3.63, 3.8) is 0 Å². The minimum atomic E-state index is 0. The lowest BCUT2D eigenvalue weighted by Crippen LogP contribution is -2.10. The van der Waals surface area contributed by atoms with Crippen LogP contribution < -0.4 is 14.2 Å². The first-order valence-corrected chi connectivity index (χ1v) is 10.1. The quantitative estimate of drug-likeness (QED) is 0.323. The van der Waals surface area contributed by atoms with E-state index in [1.165, 1.54) is 6.33 Å². The van der Waals surface area contributed by atoms with Gasteiger partial charge in [0.1, 0.15) is 12.9 Å². The van der Waals surface area contributed by atoms with E-state index in [0.717, 1.165) is 11.3 Å². The van der Waals surface area contributed by atoms with Crippen molar-refractivity contribution in [1.29, 1.82) is 0 Å². The second kappa shape index (κ2) is 12.0. The van der Waals surface area contributed by atoms with Crippen LogP contribution in [-0.4, -0.2) is 60.8 Å². The summed E-state index contributed by atoms with van der Waals surface area (Å²) >= 11 is 0. The Morgan fingerprint density at radius 1 is 0.879 bits per heavy atom. The van der Waals surface area contributed by atoms with Crippen LogP contribution in [0, 0.1) is 0 Å². The minimum absolute atomic E-state index is 0. The fourth-order valence-electron chi connectivity index (χ4n) is 3.07. The van der Waals surface area contributed by atoms with Crippen molar-refractivity contribution in [2.75, 3.05) is 40.6 Å². The molecule has 4 rings (SSSR count). The molecule has 0 saturated heterocycles. The second-order valence-electron chi connectivity index (χ2n) is 6.74. The number of nitrogens with zero attached hydrogens (tertiary/aromatic N) is 3. The van der Waals surface area contributed by atoms with Crippen molar-refractivity contribution in [3.05, 3.63) is 54.9 Å². The molecule has 2 heterocycles. The first kappa shape index (κ1) is 24.2. The lowest BCUT2D eigenvalue weighted by atomic mass is 10.2. The molecule has 0 saturated carbocycles. The molecular weight excluding hydrogens is 448 g/mol. The number of hydrogen-bond acceptors (Lipinski definition) is 8. The summed E-state index contributed by atoms with van der Waals surface area (Å²) in [7, 11) is 3.21. The molecule has 0 aliphatic carbocycles. The Bertz CT molecular complexity index is 1160. The Hall–Kier alpha value is -3.40. The van der Waals surface area contributed by atoms with Crippen LogP contribution in [0.5, 0.6) is 23.3 Å². The Labute approximate surface area is 197 Å². The predicted octanol–water partition coefficient (Wildman–Crippen LogP) is 4.28. The Kier molecular flexibility index (Phi) is 8.82. The Morgan fingerprint density at radius 3 is 2.48 bits per heavy atom. The third-order valence-corrected chi connectivity index (χ3v) is 4.64. The number of nitrogens with one attached hydrogen (secondary N) is 1. The van der Waals surface area contributed by atoms with Gasteiger partial charge in [-0.1, -0.05) is 30.3 Å². The van der Waals surface area contributed by atoms with Gasteiger partial charge in [-0.2, -0.15) is 0 Å². The van der Waals surface area contributed by atoms with Gasteiger partial charge in [-0.25, -0.2) is 9.97 Å². The van der Waals surface area contributed by atoms with Crippen molar-refractivity contribution in [3.8, 4) is 34.5 Å². The van der Waals surface area contributed by atoms with Crippen molar-refractivity contribution in [2.45, 2.75) is 0 Å². The van der Waals surface area contributed by atoms with E-state index in [2.05, 4.69) is 20.2 Å². The number of rotatable bonds is 11. The topological polar surface area (TPSA) is 101 Å². The van der Waals surface area contributed by atoms with E-state index in [1.54, 1.807) is 26.4 Å². The third-order valence-electron chi connectivity index (χ3n) is 4.64. The van der Waals surface area contributed by atoms with E-state index in [1.807, 2.05) is 36.4 Å². The first-order chi connectivity index (χ1) is 15.8. The standard InChI is InChI=1S/C23H24N4O5.ClH/c1-28-8-9-30-10-11-31-21-13-19-17(12-20(21)29-2)23(25-15-24-19)32-22-14-18(26-27-22)16-6-4-3-5-7-16;/h3-7,12-15H,8-11H2,1-2H3,(H,26,27);1H. The number of aromatic amines is 1. The van der Waals surface area contributed by atoms with E-state index in [-0.39, 0.29) is 12.4 Å². The summed E-state index contributed by atoms with van der Waals surface area (Å²) in [5, 5.41) is 7.90. The smallest absolute Gasteiger partial charge is 0.240 e. The zero-order valence-electron chi connectivity index (χ0n) is 18.3. The van der Waals surface area contributed by atoms with E-state index < -0.39 is 0 Å². The molecule has 9 nitrogen and oxygen atoms in total. The highest BCUT2D eigenvalue weighted by Crippen LogP contribution is 2.36. The van der Waals surface area contributed by atoms with Gasteiger partial charge < -0.3 is 23.7 Å². The van der Waals surface area contributed by atoms with Crippen molar-refractivity contribution < 1.29 is 23.7 Å². The Morgan fingerprint density at radius 2 is 1.70 bits per heavy atom. The fourth-order valence-corrected chi connectivity index (χ4v) is 3.07. The first-order valence-electron chi connectivity index (χ1n) is 10.1. The van der Waals surface area contributed by atoms with Gasteiger partial charge in [-0.3, -0.25) is 5.10 Å². The van der Waals surface area contributed by atoms with Gasteiger partial charge in [0, 0.05) is 19.2 Å². The van der Waals surface area contributed by atoms with Gasteiger partial charge in [-0.15, -0.1) is 17.5 Å². The lowest BCUT2D eigenvalue weighted by Gasteiger charge is -2.13. The molecule has 0 amide bonds. The van der Waals surface area contributed by atoms with E-state index in [0.29, 0.717) is 60.6 Å². The fraction of sp³-hybridized carbons (Fsp3) is 0.261. The lowest BCUT2D eigenvalue weighted by molar-refractivity contribution is 0.0540. The average Bonchev–Trinajstić information content (AvgIpc) is 3.30. The average molecular weight is 473 g/mol. The maximum Gasteiger partial charge on any atom is 0.240 e. The van der Waals surface area contributed by atoms with E-state index in [9.17, 15) is 0 Å². The predicted molar refractivity (Wildman–Crippen MR) is 126 cm³/mol. The zero-order chi connectivity index (χ0) is 22.2. The van der Waals surface area contributed by atoms with Gasteiger partial charge in [-0.05, 0) is 11.6 Å². The molecule has 2 aromatic heterocycles. The summed E-state index contributed by atoms with van der Waals surface area (Å²) in [5.41, 5.74) is 2.52. The highest BCUT2D eigenvalue weighted by molar-refractivity contribution is 5.87. The maximum atomic E-state index is 5.95. The number of aromatic nitrogens is 4. The monoisotopic (exact) mass is 472 g/mol.